The molecule has 44 heavy (non-hydrogen) atoms. The van der Waals surface area contributed by atoms with Crippen LogP contribution in [0.4, 0.5) is 0 Å². The highest BCUT2D eigenvalue weighted by Crippen LogP contribution is 2.38. The molecule has 1 aliphatic rings. The molecular formula is C34H34ClN3O5S. The van der Waals surface area contributed by atoms with E-state index in [4.69, 9.17) is 30.8 Å². The predicted octanol–water partition coefficient (Wildman–Crippen LogP) is 5.35. The number of aromatic nitrogens is 1. The van der Waals surface area contributed by atoms with E-state index in [0.29, 0.717) is 61.5 Å². The highest BCUT2D eigenvalue weighted by molar-refractivity contribution is 7.07. The Balaban J connectivity index is 1.67. The number of rotatable bonds is 10. The number of halogens is 1. The molecule has 0 aliphatic carbocycles. The zero-order chi connectivity index (χ0) is 31.4. The van der Waals surface area contributed by atoms with E-state index < -0.39 is 6.04 Å². The fraction of sp³-hybridized carbons (Fsp3) is 0.265. The first-order chi connectivity index (χ1) is 21.3. The van der Waals surface area contributed by atoms with E-state index in [9.17, 15) is 9.59 Å². The summed E-state index contributed by atoms with van der Waals surface area (Å²) in [5, 5.41) is 0.622. The molecule has 1 aliphatic heterocycles. The van der Waals surface area contributed by atoms with Crippen LogP contribution in [-0.2, 0) is 11.4 Å². The minimum atomic E-state index is -0.779. The Morgan fingerprint density at radius 2 is 1.75 bits per heavy atom. The normalized spacial score (nSPS) is 14.6. The van der Waals surface area contributed by atoms with Gasteiger partial charge >= 0.3 is 0 Å². The number of allylic oxidation sites excluding steroid dienone is 1. The molecule has 1 atom stereocenters. The maximum atomic E-state index is 14.3. The summed E-state index contributed by atoms with van der Waals surface area (Å²) >= 11 is 7.60. The summed E-state index contributed by atoms with van der Waals surface area (Å²) < 4.78 is 19.5. The molecule has 3 aromatic carbocycles. The SMILES string of the molecule is CCN(CC)C(=O)C1=C(C)N=c2s/c(=C/c3ccccc3OCc3ccccc3Cl)c(=O)n2[C@@H]1c1cc(OC)ccc1OC. The Labute approximate surface area is 265 Å². The van der Waals surface area contributed by atoms with Gasteiger partial charge in [-0.25, -0.2) is 4.99 Å². The Hall–Kier alpha value is -4.34. The second-order valence-corrected chi connectivity index (χ2v) is 11.5. The quantitative estimate of drug-likeness (QED) is 0.236. The summed E-state index contributed by atoms with van der Waals surface area (Å²) in [6, 6.07) is 19.6. The molecule has 10 heteroatoms. The van der Waals surface area contributed by atoms with Gasteiger partial charge in [0.25, 0.3) is 11.5 Å². The van der Waals surface area contributed by atoms with E-state index in [1.165, 1.54) is 11.3 Å². The van der Waals surface area contributed by atoms with Gasteiger partial charge in [-0.1, -0.05) is 59.3 Å². The molecule has 0 saturated carbocycles. The van der Waals surface area contributed by atoms with Crippen LogP contribution in [-0.4, -0.2) is 42.7 Å². The zero-order valence-electron chi connectivity index (χ0n) is 25.3. The van der Waals surface area contributed by atoms with Crippen molar-refractivity contribution in [3.05, 3.63) is 119 Å². The third-order valence-corrected chi connectivity index (χ3v) is 8.93. The number of likely N-dealkylation sites (N-methyl/N-ethyl adjacent to an activating group) is 1. The topological polar surface area (TPSA) is 82.4 Å². The predicted molar refractivity (Wildman–Crippen MR) is 173 cm³/mol. The molecule has 1 aromatic heterocycles. The lowest BCUT2D eigenvalue weighted by Gasteiger charge is -2.30. The van der Waals surface area contributed by atoms with Crippen molar-refractivity contribution in [2.24, 2.45) is 4.99 Å². The van der Waals surface area contributed by atoms with Crippen molar-refractivity contribution >= 4 is 34.9 Å². The first-order valence-electron chi connectivity index (χ1n) is 14.3. The van der Waals surface area contributed by atoms with Gasteiger partial charge in [0.15, 0.2) is 4.80 Å². The first-order valence-corrected chi connectivity index (χ1v) is 15.5. The second-order valence-electron chi connectivity index (χ2n) is 10.1. The van der Waals surface area contributed by atoms with Crippen molar-refractivity contribution < 1.29 is 19.0 Å². The van der Waals surface area contributed by atoms with Crippen molar-refractivity contribution in [1.29, 1.82) is 0 Å². The maximum absolute atomic E-state index is 14.3. The van der Waals surface area contributed by atoms with Gasteiger partial charge in [-0.2, -0.15) is 0 Å². The Bertz CT molecular complexity index is 1910. The molecule has 1 amide bonds. The number of amides is 1. The number of para-hydroxylation sites is 1. The summed E-state index contributed by atoms with van der Waals surface area (Å²) in [6.07, 6.45) is 1.80. The Kier molecular flexibility index (Phi) is 9.56. The molecule has 0 unspecified atom stereocenters. The summed E-state index contributed by atoms with van der Waals surface area (Å²) in [7, 11) is 3.14. The third kappa shape index (κ3) is 6.02. The molecule has 0 fully saturated rings. The van der Waals surface area contributed by atoms with E-state index >= 15 is 0 Å². The molecular weight excluding hydrogens is 598 g/mol. The lowest BCUT2D eigenvalue weighted by atomic mass is 9.93. The summed E-state index contributed by atoms with van der Waals surface area (Å²) in [5.41, 5.74) is 2.91. The van der Waals surface area contributed by atoms with Crippen molar-refractivity contribution in [2.45, 2.75) is 33.4 Å². The highest BCUT2D eigenvalue weighted by atomic mass is 35.5. The van der Waals surface area contributed by atoms with E-state index in [0.717, 1.165) is 11.1 Å². The summed E-state index contributed by atoms with van der Waals surface area (Å²) in [4.78, 5) is 35.3. The van der Waals surface area contributed by atoms with Gasteiger partial charge in [-0.3, -0.25) is 14.2 Å². The highest BCUT2D eigenvalue weighted by Gasteiger charge is 2.36. The molecule has 2 heterocycles. The van der Waals surface area contributed by atoms with Gasteiger partial charge in [-0.15, -0.1) is 0 Å². The van der Waals surface area contributed by atoms with Crippen LogP contribution in [0.3, 0.4) is 0 Å². The number of hydrogen-bond acceptors (Lipinski definition) is 7. The second kappa shape index (κ2) is 13.5. The fourth-order valence-electron chi connectivity index (χ4n) is 5.27. The standard InChI is InChI=1S/C34H34ClN3O5S/c1-6-37(7-2)33(40)30-21(3)36-34-38(31(30)25-19-24(41-4)16-17-28(25)42-5)32(39)29(44-34)18-22-12-9-11-15-27(22)43-20-23-13-8-10-14-26(23)35/h8-19,31H,6-7,20H2,1-5H3/b29-18+/t31-/m1/s1. The molecule has 0 N–H and O–H groups in total. The number of benzene rings is 3. The van der Waals surface area contributed by atoms with Gasteiger partial charge in [-0.05, 0) is 57.2 Å². The lowest BCUT2D eigenvalue weighted by molar-refractivity contribution is -0.127. The average molecular weight is 632 g/mol. The number of methoxy groups -OCH3 is 2. The minimum absolute atomic E-state index is 0.182. The molecule has 0 radical (unpaired) electrons. The largest absolute Gasteiger partial charge is 0.497 e. The van der Waals surface area contributed by atoms with Crippen molar-refractivity contribution in [2.75, 3.05) is 27.3 Å². The smallest absolute Gasteiger partial charge is 0.271 e. The maximum Gasteiger partial charge on any atom is 0.271 e. The van der Waals surface area contributed by atoms with E-state index in [1.807, 2.05) is 75.4 Å². The number of nitrogens with zero attached hydrogens (tertiary/aromatic N) is 3. The lowest BCUT2D eigenvalue weighted by Crippen LogP contribution is -2.43. The van der Waals surface area contributed by atoms with Gasteiger partial charge in [0.05, 0.1) is 30.0 Å². The van der Waals surface area contributed by atoms with E-state index in [-0.39, 0.29) is 18.1 Å². The fourth-order valence-corrected chi connectivity index (χ4v) is 6.49. The summed E-state index contributed by atoms with van der Waals surface area (Å²) in [6.45, 7) is 6.98. The number of hydrogen-bond donors (Lipinski definition) is 0. The van der Waals surface area contributed by atoms with Gasteiger partial charge in [0.2, 0.25) is 0 Å². The third-order valence-electron chi connectivity index (χ3n) is 7.58. The van der Waals surface area contributed by atoms with E-state index in [2.05, 4.69) is 0 Å². The zero-order valence-corrected chi connectivity index (χ0v) is 26.9. The average Bonchev–Trinajstić information content (AvgIpc) is 3.34. The van der Waals surface area contributed by atoms with Crippen LogP contribution in [0.1, 0.15) is 43.5 Å². The molecule has 8 nitrogen and oxygen atoms in total. The van der Waals surface area contributed by atoms with Crippen molar-refractivity contribution in [3.63, 3.8) is 0 Å². The minimum Gasteiger partial charge on any atom is -0.497 e. The number of thiazole rings is 1. The molecule has 0 bridgehead atoms. The first kappa shape index (κ1) is 31.1. The molecule has 0 spiro atoms. The molecule has 5 rings (SSSR count). The van der Waals surface area contributed by atoms with Crippen LogP contribution in [0.2, 0.25) is 5.02 Å². The van der Waals surface area contributed by atoms with Crippen LogP contribution < -0.4 is 29.1 Å². The molecule has 228 valence electrons. The number of ether oxygens (including phenoxy) is 3. The number of fused-ring (bicyclic) bond motifs is 1. The number of carbonyl (C=O) groups is 1. The molecule has 4 aromatic rings. The van der Waals surface area contributed by atoms with Crippen LogP contribution in [0.25, 0.3) is 6.08 Å². The Morgan fingerprint density at radius 3 is 2.45 bits per heavy atom. The van der Waals surface area contributed by atoms with Gasteiger partial charge in [0, 0.05) is 34.8 Å². The van der Waals surface area contributed by atoms with Crippen LogP contribution in [0, 0.1) is 0 Å². The number of carbonyl (C=O) groups excluding carboxylic acids is 1. The molecule has 0 saturated heterocycles. The van der Waals surface area contributed by atoms with Crippen LogP contribution in [0.15, 0.2) is 87.8 Å². The van der Waals surface area contributed by atoms with Gasteiger partial charge in [0.1, 0.15) is 29.9 Å². The van der Waals surface area contributed by atoms with Gasteiger partial charge < -0.3 is 19.1 Å². The van der Waals surface area contributed by atoms with Crippen molar-refractivity contribution in [3.8, 4) is 17.2 Å². The van der Waals surface area contributed by atoms with Crippen LogP contribution in [0.5, 0.6) is 17.2 Å². The van der Waals surface area contributed by atoms with Crippen LogP contribution >= 0.6 is 22.9 Å². The monoisotopic (exact) mass is 631 g/mol. The van der Waals surface area contributed by atoms with E-state index in [1.54, 1.807) is 41.9 Å². The summed E-state index contributed by atoms with van der Waals surface area (Å²) in [5.74, 6) is 1.54. The Morgan fingerprint density at radius 1 is 1.02 bits per heavy atom. The van der Waals surface area contributed by atoms with Crippen molar-refractivity contribution in [1.82, 2.24) is 9.47 Å².